The van der Waals surface area contributed by atoms with Crippen LogP contribution in [0.1, 0.15) is 38.7 Å². The summed E-state index contributed by atoms with van der Waals surface area (Å²) in [5.74, 6) is 0.774. The van der Waals surface area contributed by atoms with Gasteiger partial charge in [-0.3, -0.25) is 4.68 Å². The Morgan fingerprint density at radius 2 is 2.19 bits per heavy atom. The minimum atomic E-state index is 0.664. The molecule has 0 fully saturated rings. The van der Waals surface area contributed by atoms with Gasteiger partial charge in [-0.1, -0.05) is 13.8 Å². The number of hydrogen-bond acceptors (Lipinski definition) is 2. The molecular weight excluding hydrogens is 198 g/mol. The predicted molar refractivity (Wildman–Crippen MR) is 68.4 cm³/mol. The summed E-state index contributed by atoms with van der Waals surface area (Å²) < 4.78 is 1.87. The topological polar surface area (TPSA) is 29.9 Å². The van der Waals surface area contributed by atoms with Crippen molar-refractivity contribution in [1.82, 2.24) is 15.1 Å². The Morgan fingerprint density at radius 1 is 1.44 bits per heavy atom. The molecular formula is C13H25N3. The number of nitrogens with one attached hydrogen (secondary N) is 1. The molecule has 0 saturated carbocycles. The van der Waals surface area contributed by atoms with Gasteiger partial charge in [0.2, 0.25) is 0 Å². The molecule has 1 aromatic heterocycles. The van der Waals surface area contributed by atoms with Crippen LogP contribution in [-0.2, 0) is 13.5 Å². The van der Waals surface area contributed by atoms with Crippen molar-refractivity contribution in [3.63, 3.8) is 0 Å². The van der Waals surface area contributed by atoms with Crippen LogP contribution < -0.4 is 5.32 Å². The van der Waals surface area contributed by atoms with Gasteiger partial charge in [0.1, 0.15) is 0 Å². The first-order chi connectivity index (χ1) is 7.61. The van der Waals surface area contributed by atoms with Gasteiger partial charge < -0.3 is 5.32 Å². The molecule has 0 saturated heterocycles. The Labute approximate surface area is 99.2 Å². The van der Waals surface area contributed by atoms with E-state index in [1.54, 1.807) is 0 Å². The van der Waals surface area contributed by atoms with Crippen molar-refractivity contribution in [3.8, 4) is 0 Å². The standard InChI is InChI=1S/C13H25N3/c1-11(2)8-13(14-3)7-5-6-12-9-15-16(4)10-12/h9-11,13-14H,5-8H2,1-4H3. The predicted octanol–water partition coefficient (Wildman–Crippen LogP) is 2.38. The lowest BCUT2D eigenvalue weighted by molar-refractivity contribution is 0.413. The van der Waals surface area contributed by atoms with E-state index < -0.39 is 0 Å². The fourth-order valence-corrected chi connectivity index (χ4v) is 2.10. The molecule has 0 spiro atoms. The third-order valence-corrected chi connectivity index (χ3v) is 2.94. The largest absolute Gasteiger partial charge is 0.317 e. The molecule has 0 aliphatic rings. The summed E-state index contributed by atoms with van der Waals surface area (Å²) in [6, 6.07) is 0.664. The van der Waals surface area contributed by atoms with E-state index in [0.29, 0.717) is 6.04 Å². The second-order valence-electron chi connectivity index (χ2n) is 5.03. The lowest BCUT2D eigenvalue weighted by Gasteiger charge is -2.17. The fourth-order valence-electron chi connectivity index (χ4n) is 2.10. The van der Waals surface area contributed by atoms with E-state index in [-0.39, 0.29) is 0 Å². The smallest absolute Gasteiger partial charge is 0.0521 e. The lowest BCUT2D eigenvalue weighted by atomic mass is 9.98. The van der Waals surface area contributed by atoms with Gasteiger partial charge in [0.25, 0.3) is 0 Å². The summed E-state index contributed by atoms with van der Waals surface area (Å²) in [5.41, 5.74) is 1.35. The molecule has 1 rings (SSSR count). The van der Waals surface area contributed by atoms with Crippen molar-refractivity contribution in [3.05, 3.63) is 18.0 Å². The average molecular weight is 223 g/mol. The summed E-state index contributed by atoms with van der Waals surface area (Å²) in [7, 11) is 4.04. The summed E-state index contributed by atoms with van der Waals surface area (Å²) >= 11 is 0. The molecule has 16 heavy (non-hydrogen) atoms. The normalized spacial score (nSPS) is 13.3. The van der Waals surface area contributed by atoms with E-state index in [4.69, 9.17) is 0 Å². The van der Waals surface area contributed by atoms with Gasteiger partial charge in [0.05, 0.1) is 6.20 Å². The van der Waals surface area contributed by atoms with Crippen molar-refractivity contribution < 1.29 is 0 Å². The number of hydrogen-bond donors (Lipinski definition) is 1. The number of aryl methyl sites for hydroxylation is 2. The minimum absolute atomic E-state index is 0.664. The first-order valence-corrected chi connectivity index (χ1v) is 6.26. The van der Waals surface area contributed by atoms with Gasteiger partial charge in [-0.25, -0.2) is 0 Å². The third-order valence-electron chi connectivity index (χ3n) is 2.94. The van der Waals surface area contributed by atoms with Crippen molar-refractivity contribution in [2.75, 3.05) is 7.05 Å². The zero-order valence-electron chi connectivity index (χ0n) is 11.0. The van der Waals surface area contributed by atoms with Crippen LogP contribution in [-0.4, -0.2) is 22.9 Å². The maximum absolute atomic E-state index is 4.18. The van der Waals surface area contributed by atoms with E-state index in [9.17, 15) is 0 Å². The van der Waals surface area contributed by atoms with Gasteiger partial charge in [-0.15, -0.1) is 0 Å². The molecule has 1 heterocycles. The highest BCUT2D eigenvalue weighted by Crippen LogP contribution is 2.11. The van der Waals surface area contributed by atoms with Crippen LogP contribution in [0.5, 0.6) is 0 Å². The molecule has 0 amide bonds. The molecule has 0 bridgehead atoms. The van der Waals surface area contributed by atoms with Crippen LogP contribution in [0, 0.1) is 5.92 Å². The molecule has 92 valence electrons. The first kappa shape index (κ1) is 13.2. The Morgan fingerprint density at radius 3 is 2.69 bits per heavy atom. The number of nitrogens with zero attached hydrogens (tertiary/aromatic N) is 2. The highest BCUT2D eigenvalue weighted by Gasteiger charge is 2.08. The molecule has 3 heteroatoms. The van der Waals surface area contributed by atoms with Gasteiger partial charge in [0.15, 0.2) is 0 Å². The van der Waals surface area contributed by atoms with E-state index in [2.05, 4.69) is 37.5 Å². The SMILES string of the molecule is CNC(CCCc1cnn(C)c1)CC(C)C. The molecule has 0 aliphatic heterocycles. The van der Waals surface area contributed by atoms with E-state index >= 15 is 0 Å². The number of aromatic nitrogens is 2. The second kappa shape index (κ2) is 6.69. The third kappa shape index (κ3) is 4.79. The van der Waals surface area contributed by atoms with Crippen LogP contribution in [0.2, 0.25) is 0 Å². The van der Waals surface area contributed by atoms with Crippen molar-refractivity contribution in [2.24, 2.45) is 13.0 Å². The Kier molecular flexibility index (Phi) is 5.53. The summed E-state index contributed by atoms with van der Waals surface area (Å²) in [6.07, 6.45) is 8.98. The average Bonchev–Trinajstić information content (AvgIpc) is 2.62. The van der Waals surface area contributed by atoms with Crippen LogP contribution >= 0.6 is 0 Å². The Bertz CT molecular complexity index is 291. The lowest BCUT2D eigenvalue weighted by Crippen LogP contribution is -2.26. The van der Waals surface area contributed by atoms with Gasteiger partial charge in [0, 0.05) is 19.3 Å². The van der Waals surface area contributed by atoms with E-state index in [0.717, 1.165) is 12.3 Å². The molecule has 1 atom stereocenters. The highest BCUT2D eigenvalue weighted by atomic mass is 15.2. The second-order valence-corrected chi connectivity index (χ2v) is 5.03. The van der Waals surface area contributed by atoms with Crippen molar-refractivity contribution in [2.45, 2.75) is 45.6 Å². The zero-order valence-corrected chi connectivity index (χ0v) is 11.0. The maximum Gasteiger partial charge on any atom is 0.0521 e. The van der Waals surface area contributed by atoms with Gasteiger partial charge in [-0.2, -0.15) is 5.10 Å². The molecule has 1 N–H and O–H groups in total. The fraction of sp³-hybridized carbons (Fsp3) is 0.769. The van der Waals surface area contributed by atoms with E-state index in [1.165, 1.54) is 24.8 Å². The molecule has 0 aromatic carbocycles. The monoisotopic (exact) mass is 223 g/mol. The summed E-state index contributed by atoms with van der Waals surface area (Å²) in [4.78, 5) is 0. The Balaban J connectivity index is 2.23. The first-order valence-electron chi connectivity index (χ1n) is 6.26. The van der Waals surface area contributed by atoms with Crippen LogP contribution in [0.3, 0.4) is 0 Å². The minimum Gasteiger partial charge on any atom is -0.317 e. The Hall–Kier alpha value is -0.830. The van der Waals surface area contributed by atoms with Crippen molar-refractivity contribution in [1.29, 1.82) is 0 Å². The highest BCUT2D eigenvalue weighted by molar-refractivity contribution is 5.03. The van der Waals surface area contributed by atoms with Gasteiger partial charge in [-0.05, 0) is 44.2 Å². The summed E-state index contributed by atoms with van der Waals surface area (Å²) in [6.45, 7) is 4.57. The quantitative estimate of drug-likeness (QED) is 0.769. The molecule has 0 radical (unpaired) electrons. The molecule has 1 unspecified atom stereocenters. The van der Waals surface area contributed by atoms with Crippen LogP contribution in [0.4, 0.5) is 0 Å². The van der Waals surface area contributed by atoms with Crippen LogP contribution in [0.25, 0.3) is 0 Å². The van der Waals surface area contributed by atoms with Gasteiger partial charge >= 0.3 is 0 Å². The molecule has 0 aliphatic carbocycles. The zero-order chi connectivity index (χ0) is 12.0. The molecule has 1 aromatic rings. The van der Waals surface area contributed by atoms with E-state index in [1.807, 2.05) is 17.9 Å². The van der Waals surface area contributed by atoms with Crippen molar-refractivity contribution >= 4 is 0 Å². The summed E-state index contributed by atoms with van der Waals surface area (Å²) in [5, 5.41) is 7.59. The molecule has 3 nitrogen and oxygen atoms in total. The number of rotatable bonds is 7. The maximum atomic E-state index is 4.18. The van der Waals surface area contributed by atoms with Crippen LogP contribution in [0.15, 0.2) is 12.4 Å².